The van der Waals surface area contributed by atoms with E-state index in [0.717, 1.165) is 68.4 Å². The number of halogens is 2. The molecule has 0 spiro atoms. The first-order valence-electron chi connectivity index (χ1n) is 13.7. The first-order valence-corrected chi connectivity index (χ1v) is 13.7. The van der Waals surface area contributed by atoms with Gasteiger partial charge in [-0.2, -0.15) is 0 Å². The lowest BCUT2D eigenvalue weighted by molar-refractivity contribution is 0.240. The van der Waals surface area contributed by atoms with Crippen LogP contribution >= 0.6 is 24.8 Å². The van der Waals surface area contributed by atoms with Crippen molar-refractivity contribution in [1.29, 1.82) is 0 Å². The Morgan fingerprint density at radius 1 is 0.795 bits per heavy atom. The van der Waals surface area contributed by atoms with Crippen LogP contribution in [0.4, 0.5) is 0 Å². The van der Waals surface area contributed by atoms with Crippen LogP contribution in [-0.2, 0) is 11.8 Å². The van der Waals surface area contributed by atoms with Gasteiger partial charge in [0.1, 0.15) is 0 Å². The highest BCUT2D eigenvalue weighted by atomic mass is 35.5. The summed E-state index contributed by atoms with van der Waals surface area (Å²) in [5.74, 6) is 3.60. The molecule has 0 aliphatic heterocycles. The Labute approximate surface area is 249 Å². The van der Waals surface area contributed by atoms with E-state index >= 15 is 0 Å². The maximum atomic E-state index is 5.67. The predicted molar refractivity (Wildman–Crippen MR) is 168 cm³/mol. The molecule has 2 rings (SSSR count). The van der Waals surface area contributed by atoms with E-state index in [1.165, 1.54) is 24.0 Å². The number of benzene rings is 2. The van der Waals surface area contributed by atoms with E-state index in [4.69, 9.17) is 18.9 Å². The Balaban J connectivity index is 0.00000722. The van der Waals surface area contributed by atoms with E-state index in [9.17, 15) is 0 Å². The van der Waals surface area contributed by atoms with E-state index in [-0.39, 0.29) is 30.2 Å². The summed E-state index contributed by atoms with van der Waals surface area (Å²) in [4.78, 5) is 2.43. The zero-order valence-corrected chi connectivity index (χ0v) is 26.9. The number of unbranched alkanes of at least 4 members (excludes halogenated alkanes) is 1. The SMILES string of the molecule is CCCCNCC(CCCN(C)CCc1ccc(OC)c(OC)c1)(c1ccc(OC)c(OC)c1)C(C)C.Cl.Cl. The van der Waals surface area contributed by atoms with Crippen LogP contribution in [0.1, 0.15) is 57.6 Å². The topological polar surface area (TPSA) is 52.2 Å². The summed E-state index contributed by atoms with van der Waals surface area (Å²) in [7, 11) is 8.98. The van der Waals surface area contributed by atoms with Crippen molar-refractivity contribution in [1.82, 2.24) is 10.2 Å². The van der Waals surface area contributed by atoms with E-state index in [0.29, 0.717) is 5.92 Å². The van der Waals surface area contributed by atoms with E-state index in [1.54, 1.807) is 28.4 Å². The molecule has 0 radical (unpaired) electrons. The van der Waals surface area contributed by atoms with Crippen molar-refractivity contribution >= 4 is 24.8 Å². The molecule has 0 fully saturated rings. The Kier molecular flexibility index (Phi) is 18.3. The molecule has 2 aromatic carbocycles. The van der Waals surface area contributed by atoms with Crippen LogP contribution in [0.25, 0.3) is 0 Å². The standard InChI is InChI=1S/C31H50N2O4.2ClH/c1-9-10-18-32-23-31(24(2)3,26-13-15-28(35-6)30(22-26)37-8)17-11-19-33(4)20-16-25-12-14-27(34-5)29(21-25)36-7;;/h12-15,21-22,24,32H,9-11,16-20,23H2,1-8H3;2*1H. The van der Waals surface area contributed by atoms with E-state index in [2.05, 4.69) is 62.3 Å². The Morgan fingerprint density at radius 2 is 1.38 bits per heavy atom. The normalized spacial score (nSPS) is 12.4. The molecule has 8 heteroatoms. The largest absolute Gasteiger partial charge is 0.493 e. The van der Waals surface area contributed by atoms with Crippen molar-refractivity contribution < 1.29 is 18.9 Å². The highest BCUT2D eigenvalue weighted by molar-refractivity contribution is 5.85. The Hall–Kier alpha value is -1.86. The first kappa shape index (κ1) is 37.1. The monoisotopic (exact) mass is 586 g/mol. The zero-order valence-electron chi connectivity index (χ0n) is 25.3. The molecule has 6 nitrogen and oxygen atoms in total. The van der Waals surface area contributed by atoms with Crippen LogP contribution in [0.5, 0.6) is 23.0 Å². The second-order valence-corrected chi connectivity index (χ2v) is 10.3. The maximum Gasteiger partial charge on any atom is 0.161 e. The lowest BCUT2D eigenvalue weighted by Gasteiger charge is -2.40. The van der Waals surface area contributed by atoms with Gasteiger partial charge in [0, 0.05) is 18.5 Å². The minimum Gasteiger partial charge on any atom is -0.493 e. The first-order chi connectivity index (χ1) is 17.8. The van der Waals surface area contributed by atoms with Crippen molar-refractivity contribution in [3.05, 3.63) is 47.5 Å². The summed E-state index contributed by atoms with van der Waals surface area (Å²) in [5, 5.41) is 3.77. The molecule has 0 aliphatic rings. The van der Waals surface area contributed by atoms with Crippen LogP contribution in [-0.4, -0.2) is 66.6 Å². The summed E-state index contributed by atoms with van der Waals surface area (Å²) in [5.41, 5.74) is 2.58. The molecule has 224 valence electrons. The smallest absolute Gasteiger partial charge is 0.161 e. The molecule has 1 unspecified atom stereocenters. The van der Waals surface area contributed by atoms with Crippen LogP contribution in [0.15, 0.2) is 36.4 Å². The zero-order chi connectivity index (χ0) is 27.3. The Morgan fingerprint density at radius 3 is 1.95 bits per heavy atom. The summed E-state index contributed by atoms with van der Waals surface area (Å²) in [6.07, 6.45) is 5.58. The van der Waals surface area contributed by atoms with Gasteiger partial charge in [-0.3, -0.25) is 0 Å². The minimum atomic E-state index is 0. The lowest BCUT2D eigenvalue weighted by atomic mass is 9.68. The van der Waals surface area contributed by atoms with Crippen molar-refractivity contribution in [2.24, 2.45) is 5.92 Å². The number of nitrogens with zero attached hydrogens (tertiary/aromatic N) is 1. The van der Waals surface area contributed by atoms with Crippen molar-refractivity contribution in [2.75, 3.05) is 61.7 Å². The average molecular weight is 588 g/mol. The minimum absolute atomic E-state index is 0. The molecular weight excluding hydrogens is 535 g/mol. The van der Waals surface area contributed by atoms with Gasteiger partial charge in [0.25, 0.3) is 0 Å². The molecule has 39 heavy (non-hydrogen) atoms. The van der Waals surface area contributed by atoms with Gasteiger partial charge in [-0.25, -0.2) is 0 Å². The molecule has 1 atom stereocenters. The number of rotatable bonds is 18. The molecule has 0 saturated carbocycles. The highest BCUT2D eigenvalue weighted by Gasteiger charge is 2.35. The van der Waals surface area contributed by atoms with Gasteiger partial charge >= 0.3 is 0 Å². The number of hydrogen-bond acceptors (Lipinski definition) is 6. The number of hydrogen-bond donors (Lipinski definition) is 1. The molecule has 0 bridgehead atoms. The highest BCUT2D eigenvalue weighted by Crippen LogP contribution is 2.40. The van der Waals surface area contributed by atoms with Gasteiger partial charge in [0.05, 0.1) is 28.4 Å². The summed E-state index contributed by atoms with van der Waals surface area (Å²) < 4.78 is 22.0. The maximum absolute atomic E-state index is 5.67. The van der Waals surface area contributed by atoms with Crippen molar-refractivity contribution in [3.63, 3.8) is 0 Å². The van der Waals surface area contributed by atoms with Gasteiger partial charge in [-0.15, -0.1) is 24.8 Å². The Bertz CT molecular complexity index is 945. The molecule has 1 N–H and O–H groups in total. The van der Waals surface area contributed by atoms with E-state index in [1.807, 2.05) is 12.1 Å². The van der Waals surface area contributed by atoms with Crippen LogP contribution in [0.2, 0.25) is 0 Å². The van der Waals surface area contributed by atoms with Crippen LogP contribution < -0.4 is 24.3 Å². The van der Waals surface area contributed by atoms with Gasteiger partial charge in [0.2, 0.25) is 0 Å². The molecule has 0 aromatic heterocycles. The van der Waals surface area contributed by atoms with Gasteiger partial charge in [0.15, 0.2) is 23.0 Å². The fourth-order valence-corrected chi connectivity index (χ4v) is 5.05. The number of methoxy groups -OCH3 is 4. The van der Waals surface area contributed by atoms with Gasteiger partial charge < -0.3 is 29.2 Å². The van der Waals surface area contributed by atoms with Crippen molar-refractivity contribution in [3.8, 4) is 23.0 Å². The predicted octanol–water partition coefficient (Wildman–Crippen LogP) is 6.80. The number of ether oxygens (including phenoxy) is 4. The fraction of sp³-hybridized carbons (Fsp3) is 0.613. The molecule has 0 saturated heterocycles. The molecule has 0 aliphatic carbocycles. The number of likely N-dealkylation sites (N-methyl/N-ethyl adjacent to an activating group) is 1. The quantitative estimate of drug-likeness (QED) is 0.194. The van der Waals surface area contributed by atoms with Crippen LogP contribution in [0.3, 0.4) is 0 Å². The molecular formula is C31H52Cl2N2O4. The molecule has 2 aromatic rings. The average Bonchev–Trinajstić information content (AvgIpc) is 2.92. The number of nitrogens with one attached hydrogen (secondary N) is 1. The second kappa shape index (κ2) is 19.3. The fourth-order valence-electron chi connectivity index (χ4n) is 5.05. The molecule has 0 heterocycles. The summed E-state index contributed by atoms with van der Waals surface area (Å²) in [6, 6.07) is 12.6. The van der Waals surface area contributed by atoms with Gasteiger partial charge in [-0.05, 0) is 87.1 Å². The second-order valence-electron chi connectivity index (χ2n) is 10.3. The third kappa shape index (κ3) is 10.6. The summed E-state index contributed by atoms with van der Waals surface area (Å²) in [6.45, 7) is 11.0. The molecule has 0 amide bonds. The lowest BCUT2D eigenvalue weighted by Crippen LogP contribution is -2.43. The van der Waals surface area contributed by atoms with E-state index < -0.39 is 0 Å². The van der Waals surface area contributed by atoms with Crippen LogP contribution in [0, 0.1) is 5.92 Å². The third-order valence-corrected chi connectivity index (χ3v) is 7.60. The third-order valence-electron chi connectivity index (χ3n) is 7.60. The summed E-state index contributed by atoms with van der Waals surface area (Å²) >= 11 is 0. The van der Waals surface area contributed by atoms with Gasteiger partial charge in [-0.1, -0.05) is 39.3 Å². The van der Waals surface area contributed by atoms with Crippen molar-refractivity contribution in [2.45, 2.75) is 58.3 Å².